The van der Waals surface area contributed by atoms with Gasteiger partial charge in [-0.2, -0.15) is 0 Å². The zero-order valence-electron chi connectivity index (χ0n) is 13.2. The summed E-state index contributed by atoms with van der Waals surface area (Å²) < 4.78 is 0. The molecule has 5 heteroatoms. The molecule has 1 aromatic heterocycles. The SMILES string of the molecule is C[C@H]1[C@H](NC(=O)c2ncc(-c3ccccc3)s2)C2CCN1CC2. The normalized spacial score (nSPS) is 29.4. The van der Waals surface area contributed by atoms with E-state index in [4.69, 9.17) is 0 Å². The van der Waals surface area contributed by atoms with Crippen molar-refractivity contribution >= 4 is 17.2 Å². The molecule has 1 amide bonds. The summed E-state index contributed by atoms with van der Waals surface area (Å²) in [4.78, 5) is 20.5. The second-order valence-electron chi connectivity index (χ2n) is 6.51. The van der Waals surface area contributed by atoms with E-state index >= 15 is 0 Å². The van der Waals surface area contributed by atoms with Crippen LogP contribution in [0.1, 0.15) is 29.6 Å². The number of rotatable bonds is 3. The highest BCUT2D eigenvalue weighted by Gasteiger charge is 2.40. The first-order valence-corrected chi connectivity index (χ1v) is 9.10. The summed E-state index contributed by atoms with van der Waals surface area (Å²) in [7, 11) is 0. The van der Waals surface area contributed by atoms with Gasteiger partial charge < -0.3 is 5.32 Å². The van der Waals surface area contributed by atoms with Gasteiger partial charge in [-0.25, -0.2) is 4.98 Å². The lowest BCUT2D eigenvalue weighted by Gasteiger charge is -2.49. The summed E-state index contributed by atoms with van der Waals surface area (Å²) in [6.45, 7) is 4.58. The first-order valence-electron chi connectivity index (χ1n) is 8.28. The molecule has 4 nitrogen and oxygen atoms in total. The Bertz CT molecular complexity index is 689. The summed E-state index contributed by atoms with van der Waals surface area (Å²) in [6.07, 6.45) is 4.19. The molecular formula is C18H21N3OS. The van der Waals surface area contributed by atoms with Gasteiger partial charge in [0.05, 0.1) is 4.88 Å². The van der Waals surface area contributed by atoms with Gasteiger partial charge in [0.25, 0.3) is 5.91 Å². The van der Waals surface area contributed by atoms with Crippen LogP contribution >= 0.6 is 11.3 Å². The first kappa shape index (κ1) is 14.8. The summed E-state index contributed by atoms with van der Waals surface area (Å²) in [5.74, 6) is 0.593. The lowest BCUT2D eigenvalue weighted by molar-refractivity contribution is 0.0217. The van der Waals surface area contributed by atoms with Crippen LogP contribution in [0.2, 0.25) is 0 Å². The highest BCUT2D eigenvalue weighted by atomic mass is 32.1. The molecule has 3 fully saturated rings. The molecule has 5 rings (SSSR count). The predicted octanol–water partition coefficient (Wildman–Crippen LogP) is 3.02. The summed E-state index contributed by atoms with van der Waals surface area (Å²) >= 11 is 1.47. The van der Waals surface area contributed by atoms with Gasteiger partial charge in [0, 0.05) is 18.3 Å². The largest absolute Gasteiger partial charge is 0.345 e. The fourth-order valence-corrected chi connectivity index (χ4v) is 4.70. The number of hydrogen-bond donors (Lipinski definition) is 1. The number of carbonyl (C=O) groups excluding carboxylic acids is 1. The molecule has 1 N–H and O–H groups in total. The standard InChI is InChI=1S/C18H21N3OS/c1-12-16(14-7-9-21(12)10-8-14)20-17(22)18-19-11-15(23-18)13-5-3-2-4-6-13/h2-6,11-12,14,16H,7-10H2,1H3,(H,20,22)/t12-,16-/m0/s1. The number of nitrogens with one attached hydrogen (secondary N) is 1. The smallest absolute Gasteiger partial charge is 0.280 e. The lowest BCUT2D eigenvalue weighted by Crippen LogP contribution is -2.62. The summed E-state index contributed by atoms with van der Waals surface area (Å²) in [5, 5.41) is 3.81. The van der Waals surface area contributed by atoms with E-state index in [-0.39, 0.29) is 11.9 Å². The molecule has 23 heavy (non-hydrogen) atoms. The van der Waals surface area contributed by atoms with E-state index in [1.807, 2.05) is 30.3 Å². The van der Waals surface area contributed by atoms with E-state index in [0.717, 1.165) is 10.4 Å². The number of carbonyl (C=O) groups is 1. The second-order valence-corrected chi connectivity index (χ2v) is 7.54. The zero-order valence-corrected chi connectivity index (χ0v) is 14.1. The Hall–Kier alpha value is -1.72. The van der Waals surface area contributed by atoms with Crippen LogP contribution in [-0.4, -0.2) is 41.0 Å². The fraction of sp³-hybridized carbons (Fsp3) is 0.444. The maximum atomic E-state index is 12.6. The Labute approximate surface area is 140 Å². The van der Waals surface area contributed by atoms with Crippen molar-refractivity contribution in [2.45, 2.75) is 31.8 Å². The second kappa shape index (κ2) is 6.06. The van der Waals surface area contributed by atoms with Crippen molar-refractivity contribution in [3.05, 3.63) is 41.5 Å². The molecule has 4 heterocycles. The zero-order chi connectivity index (χ0) is 15.8. The minimum Gasteiger partial charge on any atom is -0.345 e. The van der Waals surface area contributed by atoms with E-state index in [0.29, 0.717) is 17.0 Å². The maximum Gasteiger partial charge on any atom is 0.280 e. The van der Waals surface area contributed by atoms with E-state index in [1.54, 1.807) is 6.20 Å². The van der Waals surface area contributed by atoms with Crippen molar-refractivity contribution in [3.8, 4) is 10.4 Å². The molecule has 0 saturated carbocycles. The van der Waals surface area contributed by atoms with Gasteiger partial charge >= 0.3 is 0 Å². The van der Waals surface area contributed by atoms with Gasteiger partial charge in [0.2, 0.25) is 0 Å². The van der Waals surface area contributed by atoms with Crippen molar-refractivity contribution in [2.75, 3.05) is 13.1 Å². The van der Waals surface area contributed by atoms with Crippen molar-refractivity contribution in [3.63, 3.8) is 0 Å². The number of fused-ring (bicyclic) bond motifs is 3. The van der Waals surface area contributed by atoms with Crippen LogP contribution in [0.3, 0.4) is 0 Å². The van der Waals surface area contributed by atoms with E-state index in [1.165, 1.54) is 37.3 Å². The Morgan fingerprint density at radius 2 is 2.00 bits per heavy atom. The fourth-order valence-electron chi connectivity index (χ4n) is 3.87. The highest BCUT2D eigenvalue weighted by molar-refractivity contribution is 7.16. The summed E-state index contributed by atoms with van der Waals surface area (Å²) in [6, 6.07) is 10.8. The number of aromatic nitrogens is 1. The van der Waals surface area contributed by atoms with Gasteiger partial charge in [-0.15, -0.1) is 11.3 Å². The topological polar surface area (TPSA) is 45.2 Å². The Balaban J connectivity index is 1.49. The van der Waals surface area contributed by atoms with Gasteiger partial charge in [-0.3, -0.25) is 9.69 Å². The average Bonchev–Trinajstić information content (AvgIpc) is 3.09. The molecule has 2 atom stereocenters. The maximum absolute atomic E-state index is 12.6. The molecule has 0 aliphatic carbocycles. The van der Waals surface area contributed by atoms with Crippen molar-refractivity contribution in [2.24, 2.45) is 5.92 Å². The number of thiazole rings is 1. The van der Waals surface area contributed by atoms with Crippen LogP contribution in [0.5, 0.6) is 0 Å². The average molecular weight is 327 g/mol. The predicted molar refractivity (Wildman–Crippen MR) is 92.6 cm³/mol. The highest BCUT2D eigenvalue weighted by Crippen LogP contribution is 2.32. The molecule has 0 unspecified atom stereocenters. The summed E-state index contributed by atoms with van der Waals surface area (Å²) in [5.41, 5.74) is 1.11. The van der Waals surface area contributed by atoms with Crippen LogP contribution in [0.4, 0.5) is 0 Å². The molecule has 1 aromatic carbocycles. The monoisotopic (exact) mass is 327 g/mol. The van der Waals surface area contributed by atoms with Crippen LogP contribution in [0.25, 0.3) is 10.4 Å². The number of amides is 1. The molecule has 3 aliphatic heterocycles. The van der Waals surface area contributed by atoms with Crippen molar-refractivity contribution in [1.82, 2.24) is 15.2 Å². The van der Waals surface area contributed by atoms with E-state index in [2.05, 4.69) is 22.1 Å². The Morgan fingerprint density at radius 1 is 1.26 bits per heavy atom. The third-order valence-electron chi connectivity index (χ3n) is 5.23. The van der Waals surface area contributed by atoms with Crippen LogP contribution in [-0.2, 0) is 0 Å². The van der Waals surface area contributed by atoms with Gasteiger partial charge in [0.15, 0.2) is 5.01 Å². The Kier molecular flexibility index (Phi) is 3.91. The van der Waals surface area contributed by atoms with Crippen molar-refractivity contribution < 1.29 is 4.79 Å². The molecule has 0 spiro atoms. The number of nitrogens with zero attached hydrogens (tertiary/aromatic N) is 2. The number of benzene rings is 1. The lowest BCUT2D eigenvalue weighted by atomic mass is 9.79. The van der Waals surface area contributed by atoms with E-state index in [9.17, 15) is 4.79 Å². The van der Waals surface area contributed by atoms with Gasteiger partial charge in [0.1, 0.15) is 0 Å². The Morgan fingerprint density at radius 3 is 2.70 bits per heavy atom. The molecule has 120 valence electrons. The minimum atomic E-state index is -0.0252. The molecule has 3 saturated heterocycles. The van der Waals surface area contributed by atoms with Crippen molar-refractivity contribution in [1.29, 1.82) is 0 Å². The van der Waals surface area contributed by atoms with Crippen LogP contribution < -0.4 is 5.32 Å². The molecule has 0 radical (unpaired) electrons. The minimum absolute atomic E-state index is 0.0252. The van der Waals surface area contributed by atoms with E-state index < -0.39 is 0 Å². The number of piperidine rings is 3. The third kappa shape index (κ3) is 2.79. The van der Waals surface area contributed by atoms with Gasteiger partial charge in [-0.1, -0.05) is 30.3 Å². The number of hydrogen-bond acceptors (Lipinski definition) is 4. The molecule has 3 aliphatic rings. The van der Waals surface area contributed by atoms with Gasteiger partial charge in [-0.05, 0) is 44.3 Å². The molecule has 2 bridgehead atoms. The molecular weight excluding hydrogens is 306 g/mol. The first-order chi connectivity index (χ1) is 11.2. The van der Waals surface area contributed by atoms with Crippen LogP contribution in [0, 0.1) is 5.92 Å². The quantitative estimate of drug-likeness (QED) is 0.942. The molecule has 2 aromatic rings. The van der Waals surface area contributed by atoms with Crippen LogP contribution in [0.15, 0.2) is 36.5 Å². The third-order valence-corrected chi connectivity index (χ3v) is 6.28.